The van der Waals surface area contributed by atoms with Gasteiger partial charge >= 0.3 is 0 Å². The summed E-state index contributed by atoms with van der Waals surface area (Å²) in [5.74, 6) is 0.577. The zero-order chi connectivity index (χ0) is 8.97. The summed E-state index contributed by atoms with van der Waals surface area (Å²) < 4.78 is 5.03. The molecule has 1 aliphatic carbocycles. The second-order valence-corrected chi connectivity index (χ2v) is 3.78. The molecule has 0 saturated heterocycles. The van der Waals surface area contributed by atoms with E-state index in [9.17, 15) is 0 Å². The van der Waals surface area contributed by atoms with Gasteiger partial charge in [0.15, 0.2) is 0 Å². The molecule has 0 heterocycles. The molecule has 0 radical (unpaired) electrons. The summed E-state index contributed by atoms with van der Waals surface area (Å²) in [6.45, 7) is 0.811. The van der Waals surface area contributed by atoms with Crippen LogP contribution in [-0.4, -0.2) is 25.8 Å². The quantitative estimate of drug-likeness (QED) is 0.651. The Bertz CT molecular complexity index is 130. The lowest BCUT2D eigenvalue weighted by Crippen LogP contribution is -2.41. The fourth-order valence-corrected chi connectivity index (χ4v) is 1.92. The summed E-state index contributed by atoms with van der Waals surface area (Å²) in [6, 6.07) is 0.714. The van der Waals surface area contributed by atoms with E-state index >= 15 is 0 Å². The average molecular weight is 172 g/mol. The van der Waals surface area contributed by atoms with Crippen LogP contribution in [0.5, 0.6) is 0 Å². The minimum Gasteiger partial charge on any atom is -0.385 e. The fourth-order valence-electron chi connectivity index (χ4n) is 1.92. The van der Waals surface area contributed by atoms with Gasteiger partial charge in [-0.25, -0.2) is 0 Å². The highest BCUT2D eigenvalue weighted by molar-refractivity contribution is 4.83. The Morgan fingerprint density at radius 1 is 1.33 bits per heavy atom. The third-order valence-electron chi connectivity index (χ3n) is 2.77. The Balaban J connectivity index is 2.28. The second kappa shape index (κ2) is 4.80. The van der Waals surface area contributed by atoms with Crippen LogP contribution in [0, 0.1) is 5.92 Å². The third-order valence-corrected chi connectivity index (χ3v) is 2.77. The largest absolute Gasteiger partial charge is 0.385 e. The number of nitrogens with two attached hydrogens (primary N) is 2. The van der Waals surface area contributed by atoms with Gasteiger partial charge in [0.25, 0.3) is 0 Å². The summed E-state index contributed by atoms with van der Waals surface area (Å²) in [7, 11) is 1.73. The normalized spacial score (nSPS) is 36.8. The number of ether oxygens (including phenoxy) is 1. The summed E-state index contributed by atoms with van der Waals surface area (Å²) >= 11 is 0. The molecule has 0 aromatic heterocycles. The molecular weight excluding hydrogens is 152 g/mol. The number of hydrogen-bond donors (Lipinski definition) is 2. The van der Waals surface area contributed by atoms with E-state index in [-0.39, 0.29) is 0 Å². The first-order valence-corrected chi connectivity index (χ1v) is 4.74. The molecule has 4 N–H and O–H groups in total. The maximum absolute atomic E-state index is 5.97. The van der Waals surface area contributed by atoms with Gasteiger partial charge in [-0.1, -0.05) is 0 Å². The molecule has 0 aromatic carbocycles. The fraction of sp³-hybridized carbons (Fsp3) is 1.00. The minimum atomic E-state index is 0.347. The average Bonchev–Trinajstić information content (AvgIpc) is 2.07. The molecule has 0 aromatic rings. The van der Waals surface area contributed by atoms with Crippen LogP contribution in [0.15, 0.2) is 0 Å². The zero-order valence-electron chi connectivity index (χ0n) is 7.83. The van der Waals surface area contributed by atoms with Gasteiger partial charge in [-0.15, -0.1) is 0 Å². The molecule has 0 aliphatic heterocycles. The monoisotopic (exact) mass is 172 g/mol. The minimum absolute atomic E-state index is 0.347. The molecule has 12 heavy (non-hydrogen) atoms. The lowest BCUT2D eigenvalue weighted by atomic mass is 9.81. The van der Waals surface area contributed by atoms with E-state index in [0.717, 1.165) is 32.3 Å². The SMILES string of the molecule is COCCC1CC(N)CCC1N. The van der Waals surface area contributed by atoms with Crippen molar-refractivity contribution in [2.24, 2.45) is 17.4 Å². The number of methoxy groups -OCH3 is 1. The van der Waals surface area contributed by atoms with E-state index in [2.05, 4.69) is 0 Å². The second-order valence-electron chi connectivity index (χ2n) is 3.78. The highest BCUT2D eigenvalue weighted by Gasteiger charge is 2.25. The third kappa shape index (κ3) is 2.73. The lowest BCUT2D eigenvalue weighted by molar-refractivity contribution is 0.153. The number of hydrogen-bond acceptors (Lipinski definition) is 3. The van der Waals surface area contributed by atoms with E-state index in [1.807, 2.05) is 0 Å². The smallest absolute Gasteiger partial charge is 0.0465 e. The summed E-state index contributed by atoms with van der Waals surface area (Å²) in [4.78, 5) is 0. The first-order chi connectivity index (χ1) is 5.74. The van der Waals surface area contributed by atoms with Gasteiger partial charge in [0.2, 0.25) is 0 Å². The highest BCUT2D eigenvalue weighted by atomic mass is 16.5. The molecule has 3 unspecified atom stereocenters. The molecule has 72 valence electrons. The van der Waals surface area contributed by atoms with Crippen LogP contribution in [0.4, 0.5) is 0 Å². The number of rotatable bonds is 3. The van der Waals surface area contributed by atoms with Crippen LogP contribution in [0.2, 0.25) is 0 Å². The van der Waals surface area contributed by atoms with Crippen molar-refractivity contribution in [2.75, 3.05) is 13.7 Å². The Hall–Kier alpha value is -0.120. The van der Waals surface area contributed by atoms with Crippen LogP contribution in [0.1, 0.15) is 25.7 Å². The van der Waals surface area contributed by atoms with E-state index in [0.29, 0.717) is 18.0 Å². The van der Waals surface area contributed by atoms with E-state index < -0.39 is 0 Å². The van der Waals surface area contributed by atoms with Crippen molar-refractivity contribution in [1.29, 1.82) is 0 Å². The van der Waals surface area contributed by atoms with Gasteiger partial charge in [-0.3, -0.25) is 0 Å². The van der Waals surface area contributed by atoms with Crippen LogP contribution < -0.4 is 11.5 Å². The van der Waals surface area contributed by atoms with Crippen LogP contribution >= 0.6 is 0 Å². The van der Waals surface area contributed by atoms with Gasteiger partial charge in [0, 0.05) is 25.8 Å². The molecule has 0 spiro atoms. The molecule has 3 nitrogen and oxygen atoms in total. The molecule has 0 bridgehead atoms. The highest BCUT2D eigenvalue weighted by Crippen LogP contribution is 2.24. The first kappa shape index (κ1) is 9.96. The predicted molar refractivity (Wildman–Crippen MR) is 49.8 cm³/mol. The van der Waals surface area contributed by atoms with Crippen molar-refractivity contribution in [2.45, 2.75) is 37.8 Å². The van der Waals surface area contributed by atoms with Crippen molar-refractivity contribution >= 4 is 0 Å². The van der Waals surface area contributed by atoms with Crippen LogP contribution in [-0.2, 0) is 4.74 Å². The van der Waals surface area contributed by atoms with E-state index in [4.69, 9.17) is 16.2 Å². The van der Waals surface area contributed by atoms with E-state index in [1.54, 1.807) is 7.11 Å². The molecular formula is C9H20N2O. The molecule has 1 fully saturated rings. The topological polar surface area (TPSA) is 61.3 Å². The summed E-state index contributed by atoms with van der Waals surface area (Å²) in [5.41, 5.74) is 11.8. The van der Waals surface area contributed by atoms with Gasteiger partial charge in [-0.05, 0) is 31.6 Å². The maximum Gasteiger partial charge on any atom is 0.0465 e. The Labute approximate surface area is 74.4 Å². The molecule has 1 rings (SSSR count). The Morgan fingerprint density at radius 3 is 2.75 bits per heavy atom. The van der Waals surface area contributed by atoms with Crippen molar-refractivity contribution < 1.29 is 4.74 Å². The molecule has 0 amide bonds. The Morgan fingerprint density at radius 2 is 2.08 bits per heavy atom. The van der Waals surface area contributed by atoms with Crippen molar-refractivity contribution in [3.8, 4) is 0 Å². The van der Waals surface area contributed by atoms with Gasteiger partial charge in [0.05, 0.1) is 0 Å². The van der Waals surface area contributed by atoms with E-state index in [1.165, 1.54) is 0 Å². The summed E-state index contributed by atoms with van der Waals surface area (Å²) in [5, 5.41) is 0. The molecule has 1 aliphatic rings. The first-order valence-electron chi connectivity index (χ1n) is 4.74. The Kier molecular flexibility index (Phi) is 3.98. The van der Waals surface area contributed by atoms with Crippen molar-refractivity contribution in [3.63, 3.8) is 0 Å². The van der Waals surface area contributed by atoms with Crippen LogP contribution in [0.25, 0.3) is 0 Å². The molecule has 3 heteroatoms. The van der Waals surface area contributed by atoms with Crippen LogP contribution in [0.3, 0.4) is 0 Å². The van der Waals surface area contributed by atoms with Crippen molar-refractivity contribution in [1.82, 2.24) is 0 Å². The predicted octanol–water partition coefficient (Wildman–Crippen LogP) is 0.478. The molecule has 1 saturated carbocycles. The lowest BCUT2D eigenvalue weighted by Gasteiger charge is -2.32. The van der Waals surface area contributed by atoms with Gasteiger partial charge < -0.3 is 16.2 Å². The standard InChI is InChI=1S/C9H20N2O/c1-12-5-4-7-6-8(10)2-3-9(7)11/h7-9H,2-6,10-11H2,1H3. The maximum atomic E-state index is 5.97. The summed E-state index contributed by atoms with van der Waals surface area (Å²) in [6.07, 6.45) is 4.30. The van der Waals surface area contributed by atoms with Gasteiger partial charge in [-0.2, -0.15) is 0 Å². The molecule has 3 atom stereocenters. The van der Waals surface area contributed by atoms with Gasteiger partial charge in [0.1, 0.15) is 0 Å². The zero-order valence-corrected chi connectivity index (χ0v) is 7.83. The van der Waals surface area contributed by atoms with Crippen molar-refractivity contribution in [3.05, 3.63) is 0 Å².